The number of halogens is 2. The Morgan fingerprint density at radius 1 is 1.03 bits per heavy atom. The van der Waals surface area contributed by atoms with Gasteiger partial charge in [-0.05, 0) is 55.7 Å². The van der Waals surface area contributed by atoms with Gasteiger partial charge in [0.05, 0.1) is 6.04 Å². The molecule has 0 aromatic heterocycles. The fourth-order valence-electron chi connectivity index (χ4n) is 4.21. The second-order valence-electron chi connectivity index (χ2n) is 8.86. The summed E-state index contributed by atoms with van der Waals surface area (Å²) in [6.45, 7) is 5.08. The summed E-state index contributed by atoms with van der Waals surface area (Å²) in [5.41, 5.74) is 2.20. The summed E-state index contributed by atoms with van der Waals surface area (Å²) >= 11 is 1.74. The molecular weight excluding hydrogens is 582 g/mol. The van der Waals surface area contributed by atoms with Gasteiger partial charge in [-0.3, -0.25) is 4.79 Å². The van der Waals surface area contributed by atoms with Crippen LogP contribution in [0.1, 0.15) is 53.5 Å². The molecule has 1 N–H and O–H groups in total. The number of amidine groups is 1. The Kier molecular flexibility index (Phi) is 7.01. The first-order chi connectivity index (χ1) is 16.5. The molecule has 35 heavy (non-hydrogen) atoms. The molecule has 1 aliphatic rings. The first-order valence-electron chi connectivity index (χ1n) is 10.9. The predicted octanol–water partition coefficient (Wildman–Crippen LogP) is 5.95. The Morgan fingerprint density at radius 2 is 1.60 bits per heavy atom. The van der Waals surface area contributed by atoms with Gasteiger partial charge in [-0.2, -0.15) is 0 Å². The molecular formula is C26H24FIN2O4S. The van der Waals surface area contributed by atoms with Gasteiger partial charge in [0.2, 0.25) is 3.79 Å². The molecule has 0 saturated heterocycles. The Hall–Kier alpha value is -2.79. The van der Waals surface area contributed by atoms with Gasteiger partial charge in [0.25, 0.3) is 10.0 Å². The van der Waals surface area contributed by atoms with Gasteiger partial charge in [-0.1, -0.05) is 54.6 Å². The molecule has 0 fully saturated rings. The van der Waals surface area contributed by atoms with E-state index in [1.807, 2.05) is 24.3 Å². The number of carbonyl (C=O) groups is 1. The van der Waals surface area contributed by atoms with E-state index in [0.717, 1.165) is 11.1 Å². The largest absolute Gasteiger partial charge is 0.457 e. The molecule has 1 unspecified atom stereocenters. The average Bonchev–Trinajstić information content (AvgIpc) is 2.78. The summed E-state index contributed by atoms with van der Waals surface area (Å²) in [5, 5.41) is 1.86. The molecule has 182 valence electrons. The number of benzene rings is 3. The first kappa shape index (κ1) is 25.3. The van der Waals surface area contributed by atoms with Crippen LogP contribution in [-0.4, -0.2) is 23.8 Å². The summed E-state index contributed by atoms with van der Waals surface area (Å²) in [6.07, 6.45) is 0. The van der Waals surface area contributed by atoms with Crippen LogP contribution in [-0.2, 0) is 14.8 Å². The fraction of sp³-hybridized carbons (Fsp3) is 0.231. The van der Waals surface area contributed by atoms with Crippen molar-refractivity contribution in [1.82, 2.24) is 5.32 Å². The molecule has 0 saturated carbocycles. The number of sulfonamides is 1. The molecule has 0 radical (unpaired) electrons. The van der Waals surface area contributed by atoms with E-state index < -0.39 is 32.7 Å². The number of hydrogen-bond donors (Lipinski definition) is 1. The summed E-state index contributed by atoms with van der Waals surface area (Å²) in [4.78, 5) is 11.5. The van der Waals surface area contributed by atoms with Crippen molar-refractivity contribution in [2.45, 2.75) is 37.7 Å². The lowest BCUT2D eigenvalue weighted by atomic mass is 9.95. The summed E-state index contributed by atoms with van der Waals surface area (Å²) in [6, 6.07) is 19.9. The quantitative estimate of drug-likeness (QED) is 0.287. The highest BCUT2D eigenvalue weighted by Crippen LogP contribution is 2.41. The molecule has 3 aromatic rings. The Labute approximate surface area is 217 Å². The predicted molar refractivity (Wildman–Crippen MR) is 142 cm³/mol. The number of hydrogen-bond acceptors (Lipinski definition) is 5. The van der Waals surface area contributed by atoms with Gasteiger partial charge in [0, 0.05) is 33.7 Å². The molecule has 0 amide bonds. The molecule has 1 aliphatic heterocycles. The van der Waals surface area contributed by atoms with Crippen molar-refractivity contribution in [3.63, 3.8) is 0 Å². The average molecular weight is 606 g/mol. The number of nitrogens with zero attached hydrogens (tertiary/aromatic N) is 1. The van der Waals surface area contributed by atoms with Crippen LogP contribution in [0.3, 0.4) is 0 Å². The molecule has 0 spiro atoms. The Bertz CT molecular complexity index is 1390. The number of rotatable bonds is 5. The minimum atomic E-state index is -4.00. The van der Waals surface area contributed by atoms with E-state index >= 15 is 0 Å². The Balaban J connectivity index is 1.59. The third kappa shape index (κ3) is 5.40. The lowest BCUT2D eigenvalue weighted by Gasteiger charge is -2.37. The first-order valence-corrected chi connectivity index (χ1v) is 13.5. The highest BCUT2D eigenvalue weighted by molar-refractivity contribution is 14.1. The molecule has 3 aromatic carbocycles. The van der Waals surface area contributed by atoms with E-state index in [1.165, 1.54) is 6.07 Å². The summed E-state index contributed by atoms with van der Waals surface area (Å²) in [7, 11) is -4.00. The van der Waals surface area contributed by atoms with Gasteiger partial charge < -0.3 is 10.1 Å². The van der Waals surface area contributed by atoms with Crippen LogP contribution in [0.15, 0.2) is 77.2 Å². The maximum atomic E-state index is 14.1. The maximum Gasteiger partial charge on any atom is 0.301 e. The lowest BCUT2D eigenvalue weighted by Crippen LogP contribution is -2.47. The maximum absolute atomic E-state index is 14.1. The number of ether oxygens (including phenoxy) is 1. The standard InChI is InChI=1S/C26H24FIN2O4S/c1-16(21-6-4-5-7-22(21)27)29-25-30-35(32,33)23(26(2,3)34-25)19-12-8-17(9-13-19)18-10-14-20(15-11-18)24(28)31/h4-16,23H,1-3H3,(H,29,30)/t16-,23?/m0/s1. The van der Waals surface area contributed by atoms with Crippen LogP contribution in [0.4, 0.5) is 4.39 Å². The van der Waals surface area contributed by atoms with E-state index in [1.54, 1.807) is 85.8 Å². The molecule has 1 heterocycles. The smallest absolute Gasteiger partial charge is 0.301 e. The van der Waals surface area contributed by atoms with Crippen LogP contribution in [0.25, 0.3) is 11.1 Å². The molecule has 2 atom stereocenters. The molecule has 6 nitrogen and oxygen atoms in total. The zero-order valence-corrected chi connectivity index (χ0v) is 22.3. The van der Waals surface area contributed by atoms with E-state index in [4.69, 9.17) is 4.74 Å². The van der Waals surface area contributed by atoms with Crippen molar-refractivity contribution < 1.29 is 22.3 Å². The summed E-state index contributed by atoms with van der Waals surface area (Å²) < 4.78 is 50.4. The molecule has 0 aliphatic carbocycles. The topological polar surface area (TPSA) is 84.8 Å². The van der Waals surface area contributed by atoms with Gasteiger partial charge in [0.15, 0.2) is 0 Å². The van der Waals surface area contributed by atoms with E-state index in [-0.39, 0.29) is 9.81 Å². The van der Waals surface area contributed by atoms with Gasteiger partial charge in [-0.25, -0.2) is 12.8 Å². The third-order valence-electron chi connectivity index (χ3n) is 5.87. The van der Waals surface area contributed by atoms with Crippen LogP contribution in [0.5, 0.6) is 0 Å². The highest BCUT2D eigenvalue weighted by Gasteiger charge is 2.47. The van der Waals surface area contributed by atoms with E-state index in [2.05, 4.69) is 9.71 Å². The molecule has 9 heteroatoms. The van der Waals surface area contributed by atoms with Crippen molar-refractivity contribution in [3.05, 3.63) is 95.3 Å². The monoisotopic (exact) mass is 606 g/mol. The van der Waals surface area contributed by atoms with E-state index in [0.29, 0.717) is 16.7 Å². The van der Waals surface area contributed by atoms with Crippen molar-refractivity contribution in [2.75, 3.05) is 0 Å². The minimum Gasteiger partial charge on any atom is -0.457 e. The second-order valence-corrected chi connectivity index (χ2v) is 11.5. The van der Waals surface area contributed by atoms with Gasteiger partial charge >= 0.3 is 6.02 Å². The van der Waals surface area contributed by atoms with Crippen molar-refractivity contribution >= 4 is 42.4 Å². The minimum absolute atomic E-state index is 0.0352. The third-order valence-corrected chi connectivity index (χ3v) is 8.35. The highest BCUT2D eigenvalue weighted by atomic mass is 127. The number of carbonyl (C=O) groups excluding carboxylic acids is 1. The summed E-state index contributed by atoms with van der Waals surface area (Å²) in [5.74, 6) is -0.403. The van der Waals surface area contributed by atoms with Crippen molar-refractivity contribution in [2.24, 2.45) is 4.40 Å². The van der Waals surface area contributed by atoms with Crippen LogP contribution in [0.2, 0.25) is 0 Å². The van der Waals surface area contributed by atoms with Gasteiger partial charge in [-0.15, -0.1) is 4.40 Å². The SMILES string of the molecule is C[C@H](NC1=NS(=O)(=O)C(c2ccc(-c3ccc(C(=O)I)cc3)cc2)C(C)(C)O1)c1ccccc1F. The normalized spacial score (nSPS) is 19.2. The second kappa shape index (κ2) is 9.69. The lowest BCUT2D eigenvalue weighted by molar-refractivity contribution is 0.0768. The van der Waals surface area contributed by atoms with Crippen LogP contribution >= 0.6 is 22.6 Å². The zero-order valence-electron chi connectivity index (χ0n) is 19.3. The number of nitrogens with one attached hydrogen (secondary N) is 1. The van der Waals surface area contributed by atoms with E-state index in [9.17, 15) is 17.6 Å². The zero-order chi connectivity index (χ0) is 25.4. The van der Waals surface area contributed by atoms with Gasteiger partial charge in [0.1, 0.15) is 16.7 Å². The van der Waals surface area contributed by atoms with Crippen LogP contribution < -0.4 is 5.32 Å². The van der Waals surface area contributed by atoms with Crippen molar-refractivity contribution in [1.29, 1.82) is 0 Å². The Morgan fingerprint density at radius 3 is 2.14 bits per heavy atom. The fourth-order valence-corrected chi connectivity index (χ4v) is 6.26. The van der Waals surface area contributed by atoms with Crippen molar-refractivity contribution in [3.8, 4) is 11.1 Å². The van der Waals surface area contributed by atoms with Crippen LogP contribution in [0, 0.1) is 5.82 Å². The molecule has 4 rings (SSSR count). The molecule has 0 bridgehead atoms.